The minimum absolute atomic E-state index is 0.287. The predicted octanol–water partition coefficient (Wildman–Crippen LogP) is 1.27. The maximum Gasteiger partial charge on any atom is 0.276 e. The van der Waals surface area contributed by atoms with E-state index in [2.05, 4.69) is 43.0 Å². The van der Waals surface area contributed by atoms with Gasteiger partial charge in [0.05, 0.1) is 0 Å². The summed E-state index contributed by atoms with van der Waals surface area (Å²) in [5, 5.41) is 5.21. The number of rotatable bonds is 3. The van der Waals surface area contributed by atoms with Gasteiger partial charge in [0.15, 0.2) is 0 Å². The summed E-state index contributed by atoms with van der Waals surface area (Å²) in [7, 11) is -3.56. The molecule has 0 spiro atoms. The van der Waals surface area contributed by atoms with Crippen molar-refractivity contribution in [2.75, 3.05) is 26.2 Å². The fourth-order valence-corrected chi connectivity index (χ4v) is 3.42. The van der Waals surface area contributed by atoms with Gasteiger partial charge in [0.1, 0.15) is 0 Å². The number of hydrogen-bond donors (Lipinski definition) is 1. The molecule has 5 nitrogen and oxygen atoms in total. The Balaban J connectivity index is 2.07. The third-order valence-corrected chi connectivity index (χ3v) is 5.01. The van der Waals surface area contributed by atoms with Crippen LogP contribution >= 0.6 is 0 Å². The van der Waals surface area contributed by atoms with E-state index >= 15 is 0 Å². The summed E-state index contributed by atoms with van der Waals surface area (Å²) >= 11 is 0. The van der Waals surface area contributed by atoms with E-state index in [9.17, 15) is 8.42 Å². The van der Waals surface area contributed by atoms with Crippen molar-refractivity contribution in [1.82, 2.24) is 9.21 Å². The normalized spacial score (nSPS) is 20.6. The van der Waals surface area contributed by atoms with Crippen LogP contribution in [0.25, 0.3) is 0 Å². The van der Waals surface area contributed by atoms with E-state index in [0.29, 0.717) is 19.6 Å². The molecule has 0 aliphatic carbocycles. The summed E-state index contributed by atoms with van der Waals surface area (Å²) in [5.41, 5.74) is 2.52. The van der Waals surface area contributed by atoms with Gasteiger partial charge >= 0.3 is 0 Å². The molecule has 0 bridgehead atoms. The topological polar surface area (TPSA) is 66.6 Å². The van der Waals surface area contributed by atoms with Crippen LogP contribution in [0.3, 0.4) is 0 Å². The highest BCUT2D eigenvalue weighted by atomic mass is 32.2. The maximum absolute atomic E-state index is 11.4. The highest BCUT2D eigenvalue weighted by molar-refractivity contribution is 7.86. The summed E-state index contributed by atoms with van der Waals surface area (Å²) in [5.74, 6) is 0. The number of aryl methyl sites for hydroxylation is 1. The molecular weight excluding hydrogens is 274 g/mol. The molecule has 1 saturated heterocycles. The first kappa shape index (κ1) is 15.4. The van der Waals surface area contributed by atoms with Crippen molar-refractivity contribution >= 4 is 10.2 Å². The minimum atomic E-state index is -3.56. The summed E-state index contributed by atoms with van der Waals surface area (Å²) in [6.45, 7) is 6.83. The van der Waals surface area contributed by atoms with Crippen molar-refractivity contribution in [3.8, 4) is 0 Å². The Morgan fingerprint density at radius 1 is 1.20 bits per heavy atom. The van der Waals surface area contributed by atoms with E-state index < -0.39 is 10.2 Å². The molecule has 2 rings (SSSR count). The Labute approximate surface area is 121 Å². The van der Waals surface area contributed by atoms with Crippen molar-refractivity contribution in [3.05, 3.63) is 35.4 Å². The number of hydrogen-bond acceptors (Lipinski definition) is 3. The molecule has 1 aliphatic heterocycles. The molecule has 0 amide bonds. The molecule has 1 heterocycles. The van der Waals surface area contributed by atoms with Crippen LogP contribution in [-0.2, 0) is 10.2 Å². The second kappa shape index (κ2) is 6.22. The van der Waals surface area contributed by atoms with Crippen LogP contribution < -0.4 is 5.14 Å². The van der Waals surface area contributed by atoms with Crippen LogP contribution in [0.1, 0.15) is 30.5 Å². The Hall–Kier alpha value is -0.950. The SMILES string of the molecule is Cc1cccc([C@@H](C)N2CCCN(S(N)(=O)=O)CC2)c1. The van der Waals surface area contributed by atoms with Gasteiger partial charge in [-0.1, -0.05) is 29.8 Å². The molecule has 0 unspecified atom stereocenters. The molecule has 20 heavy (non-hydrogen) atoms. The van der Waals surface area contributed by atoms with Gasteiger partial charge in [0.25, 0.3) is 10.2 Å². The van der Waals surface area contributed by atoms with Gasteiger partial charge in [-0.15, -0.1) is 0 Å². The lowest BCUT2D eigenvalue weighted by Gasteiger charge is -2.28. The average Bonchev–Trinajstić information content (AvgIpc) is 2.63. The fourth-order valence-electron chi connectivity index (χ4n) is 2.70. The van der Waals surface area contributed by atoms with E-state index in [1.807, 2.05) is 0 Å². The second-order valence-electron chi connectivity index (χ2n) is 5.42. The van der Waals surface area contributed by atoms with Gasteiger partial charge in [0, 0.05) is 32.2 Å². The van der Waals surface area contributed by atoms with Gasteiger partial charge in [0.2, 0.25) is 0 Å². The largest absolute Gasteiger partial charge is 0.295 e. The average molecular weight is 297 g/mol. The summed E-state index contributed by atoms with van der Waals surface area (Å²) < 4.78 is 24.2. The van der Waals surface area contributed by atoms with Crippen molar-refractivity contribution in [3.63, 3.8) is 0 Å². The lowest BCUT2D eigenvalue weighted by molar-refractivity contribution is 0.221. The standard InChI is InChI=1S/C14H23N3O2S/c1-12-5-3-6-14(11-12)13(2)16-7-4-8-17(10-9-16)20(15,18)19/h3,5-6,11,13H,4,7-10H2,1-2H3,(H2,15,18,19)/t13-/m1/s1. The maximum atomic E-state index is 11.4. The lowest BCUT2D eigenvalue weighted by atomic mass is 10.0. The molecule has 0 aromatic heterocycles. The molecule has 1 aromatic carbocycles. The van der Waals surface area contributed by atoms with Gasteiger partial charge in [-0.2, -0.15) is 12.7 Å². The van der Waals surface area contributed by atoms with Crippen molar-refractivity contribution in [1.29, 1.82) is 0 Å². The first-order valence-electron chi connectivity index (χ1n) is 6.96. The molecule has 0 radical (unpaired) electrons. The third-order valence-electron chi connectivity index (χ3n) is 3.92. The van der Waals surface area contributed by atoms with Crippen LogP contribution in [0.4, 0.5) is 0 Å². The second-order valence-corrected chi connectivity index (χ2v) is 6.97. The van der Waals surface area contributed by atoms with E-state index in [4.69, 9.17) is 5.14 Å². The molecule has 1 atom stereocenters. The zero-order valence-corrected chi connectivity index (χ0v) is 12.9. The molecule has 112 valence electrons. The molecular formula is C14H23N3O2S. The van der Waals surface area contributed by atoms with Gasteiger partial charge in [-0.05, 0) is 25.8 Å². The molecule has 2 N–H and O–H groups in total. The third kappa shape index (κ3) is 3.79. The zero-order valence-electron chi connectivity index (χ0n) is 12.1. The Kier molecular flexibility index (Phi) is 4.80. The Morgan fingerprint density at radius 3 is 2.60 bits per heavy atom. The van der Waals surface area contributed by atoms with Gasteiger partial charge in [-0.25, -0.2) is 5.14 Å². The molecule has 6 heteroatoms. The van der Waals surface area contributed by atoms with E-state index in [1.165, 1.54) is 15.4 Å². The van der Waals surface area contributed by atoms with E-state index in [-0.39, 0.29) is 6.04 Å². The smallest absolute Gasteiger partial charge is 0.276 e. The van der Waals surface area contributed by atoms with Crippen LogP contribution in [0.5, 0.6) is 0 Å². The number of nitrogens with zero attached hydrogens (tertiary/aromatic N) is 2. The monoisotopic (exact) mass is 297 g/mol. The predicted molar refractivity (Wildman–Crippen MR) is 80.5 cm³/mol. The molecule has 1 aromatic rings. The fraction of sp³-hybridized carbons (Fsp3) is 0.571. The van der Waals surface area contributed by atoms with Crippen molar-refractivity contribution in [2.45, 2.75) is 26.3 Å². The first-order valence-corrected chi connectivity index (χ1v) is 8.47. The zero-order chi connectivity index (χ0) is 14.8. The van der Waals surface area contributed by atoms with Gasteiger partial charge in [-0.3, -0.25) is 4.90 Å². The summed E-state index contributed by atoms with van der Waals surface area (Å²) in [6.07, 6.45) is 0.812. The van der Waals surface area contributed by atoms with Crippen LogP contribution in [-0.4, -0.2) is 43.8 Å². The highest BCUT2D eigenvalue weighted by Crippen LogP contribution is 2.22. The van der Waals surface area contributed by atoms with Crippen LogP contribution in [0.15, 0.2) is 24.3 Å². The minimum Gasteiger partial charge on any atom is -0.295 e. The molecule has 0 saturated carbocycles. The summed E-state index contributed by atoms with van der Waals surface area (Å²) in [6, 6.07) is 8.75. The quantitative estimate of drug-likeness (QED) is 0.913. The van der Waals surface area contributed by atoms with E-state index in [1.54, 1.807) is 0 Å². The molecule has 1 fully saturated rings. The van der Waals surface area contributed by atoms with E-state index in [0.717, 1.165) is 13.0 Å². The Bertz CT molecular complexity index is 559. The number of benzene rings is 1. The highest BCUT2D eigenvalue weighted by Gasteiger charge is 2.24. The Morgan fingerprint density at radius 2 is 1.95 bits per heavy atom. The van der Waals surface area contributed by atoms with Crippen molar-refractivity contribution < 1.29 is 8.42 Å². The van der Waals surface area contributed by atoms with Gasteiger partial charge < -0.3 is 0 Å². The molecule has 1 aliphatic rings. The van der Waals surface area contributed by atoms with Crippen molar-refractivity contribution in [2.24, 2.45) is 5.14 Å². The lowest BCUT2D eigenvalue weighted by Crippen LogP contribution is -2.39. The summed E-state index contributed by atoms with van der Waals surface area (Å²) in [4.78, 5) is 2.32. The van der Waals surface area contributed by atoms with Crippen LogP contribution in [0.2, 0.25) is 0 Å². The van der Waals surface area contributed by atoms with Crippen LogP contribution in [0, 0.1) is 6.92 Å². The first-order chi connectivity index (χ1) is 9.38. The number of nitrogens with two attached hydrogens (primary N) is 1.